The lowest BCUT2D eigenvalue weighted by Gasteiger charge is -2.25. The third-order valence-corrected chi connectivity index (χ3v) is 8.81. The van der Waals surface area contributed by atoms with Gasteiger partial charge in [-0.15, -0.1) is 0 Å². The molecular weight excluding hydrogens is 548 g/mol. The lowest BCUT2D eigenvalue weighted by molar-refractivity contribution is -0.693. The molecule has 1 fully saturated rings. The minimum Gasteiger partial charge on any atom is -0.507 e. The van der Waals surface area contributed by atoms with E-state index in [4.69, 9.17) is 9.98 Å². The van der Waals surface area contributed by atoms with Crippen LogP contribution in [-0.4, -0.2) is 49.3 Å². The smallest absolute Gasteiger partial charge is 0.251 e. The zero-order valence-electron chi connectivity index (χ0n) is 27.0. The number of hydrogen-bond donors (Lipinski definition) is 3. The van der Waals surface area contributed by atoms with Crippen LogP contribution in [-0.2, 0) is 13.1 Å². The molecule has 8 nitrogen and oxygen atoms in total. The van der Waals surface area contributed by atoms with Crippen LogP contribution >= 0.6 is 0 Å². The van der Waals surface area contributed by atoms with Gasteiger partial charge < -0.3 is 14.8 Å². The van der Waals surface area contributed by atoms with Gasteiger partial charge in [-0.2, -0.15) is 0 Å². The van der Waals surface area contributed by atoms with Crippen LogP contribution in [0.15, 0.2) is 59.0 Å². The van der Waals surface area contributed by atoms with Crippen molar-refractivity contribution >= 4 is 12.4 Å². The highest BCUT2D eigenvalue weighted by Gasteiger charge is 2.24. The predicted molar refractivity (Wildman–Crippen MR) is 177 cm³/mol. The van der Waals surface area contributed by atoms with E-state index in [0.717, 1.165) is 70.7 Å². The van der Waals surface area contributed by atoms with Crippen molar-refractivity contribution in [1.82, 2.24) is 14.5 Å². The maximum Gasteiger partial charge on any atom is 0.251 e. The van der Waals surface area contributed by atoms with E-state index in [9.17, 15) is 10.2 Å². The van der Waals surface area contributed by atoms with Crippen molar-refractivity contribution in [2.24, 2.45) is 9.98 Å². The highest BCUT2D eigenvalue weighted by molar-refractivity contribution is 5.86. The number of aromatic amines is 1. The summed E-state index contributed by atoms with van der Waals surface area (Å²) in [5.74, 6) is 2.99. The van der Waals surface area contributed by atoms with Crippen LogP contribution in [0.25, 0.3) is 0 Å². The Kier molecular flexibility index (Phi) is 9.67. The first-order chi connectivity index (χ1) is 21.1. The normalized spacial score (nSPS) is 17.5. The van der Waals surface area contributed by atoms with E-state index in [1.54, 1.807) is 0 Å². The summed E-state index contributed by atoms with van der Waals surface area (Å²) in [5, 5.41) is 22.4. The molecule has 0 radical (unpaired) electrons. The monoisotopic (exact) mass is 595 g/mol. The van der Waals surface area contributed by atoms with Crippen molar-refractivity contribution in [3.63, 3.8) is 0 Å². The van der Waals surface area contributed by atoms with Gasteiger partial charge in [-0.05, 0) is 72.1 Å². The molecule has 1 aliphatic rings. The molecule has 2 heterocycles. The Labute approximate surface area is 261 Å². The second-order valence-electron chi connectivity index (χ2n) is 12.8. The summed E-state index contributed by atoms with van der Waals surface area (Å²) in [7, 11) is 0. The lowest BCUT2D eigenvalue weighted by Crippen LogP contribution is -2.35. The van der Waals surface area contributed by atoms with Crippen LogP contribution < -0.4 is 4.57 Å². The Morgan fingerprint density at radius 1 is 0.909 bits per heavy atom. The number of aliphatic imine (C=N–C) groups is 2. The zero-order valence-corrected chi connectivity index (χ0v) is 27.0. The second kappa shape index (κ2) is 13.6. The van der Waals surface area contributed by atoms with Crippen LogP contribution in [0.1, 0.15) is 110 Å². The van der Waals surface area contributed by atoms with E-state index in [1.165, 1.54) is 0 Å². The summed E-state index contributed by atoms with van der Waals surface area (Å²) in [6, 6.07) is 8.29. The number of phenols is 2. The molecule has 4 aromatic rings. The van der Waals surface area contributed by atoms with Gasteiger partial charge in [0.15, 0.2) is 0 Å². The van der Waals surface area contributed by atoms with Crippen molar-refractivity contribution in [2.75, 3.05) is 0 Å². The molecule has 8 heteroatoms. The summed E-state index contributed by atoms with van der Waals surface area (Å²) >= 11 is 0. The highest BCUT2D eigenvalue weighted by Crippen LogP contribution is 2.33. The van der Waals surface area contributed by atoms with E-state index < -0.39 is 0 Å². The van der Waals surface area contributed by atoms with Crippen molar-refractivity contribution in [1.29, 1.82) is 0 Å². The average Bonchev–Trinajstić information content (AvgIpc) is 3.59. The minimum absolute atomic E-state index is 0.00871. The van der Waals surface area contributed by atoms with Gasteiger partial charge in [-0.3, -0.25) is 9.98 Å². The summed E-state index contributed by atoms with van der Waals surface area (Å²) in [5.41, 5.74) is 5.57. The topological polar surface area (TPSA) is 103 Å². The molecule has 0 aliphatic heterocycles. The third kappa shape index (κ3) is 7.12. The van der Waals surface area contributed by atoms with Crippen molar-refractivity contribution in [3.8, 4) is 11.5 Å². The minimum atomic E-state index is 0.00871. The molecule has 0 unspecified atom stereocenters. The Morgan fingerprint density at radius 2 is 1.48 bits per heavy atom. The SMILES string of the molecule is Cc1nccn1Cc1cc(C=N[C@@H]2CCCC[C@H]2N=Cc2cc(C[n+]3cc[nH]c3C)cc(C(C)C)c2O)c(O)c(C(C)C)c1. The van der Waals surface area contributed by atoms with Gasteiger partial charge in [-0.25, -0.2) is 14.5 Å². The standard InChI is InChI=1S/C36H46N6O2/c1-23(2)31-17-27(21-41-13-11-37-25(41)5)15-29(35(31)43)19-39-33-9-7-8-10-34(33)40-20-30-16-28(18-32(24(3)4)36(30)44)22-42-14-12-38-26(42)6/h11-20,23-24,33-34H,7-10,21-22H2,1-6H3,(H2,39,40,43,44)/p+1/t33-,34-/m1/s1. The number of phenolic OH excluding ortho intramolecular Hbond substituents is 2. The number of rotatable bonds is 10. The number of H-pyrrole nitrogens is 1. The maximum absolute atomic E-state index is 11.2. The Bertz CT molecular complexity index is 1520. The second-order valence-corrected chi connectivity index (χ2v) is 12.8. The fourth-order valence-electron chi connectivity index (χ4n) is 6.12. The van der Waals surface area contributed by atoms with E-state index in [0.29, 0.717) is 24.6 Å². The Hall–Kier alpha value is -4.20. The fraction of sp³-hybridized carbons (Fsp3) is 0.444. The number of aryl methyl sites for hydroxylation is 2. The van der Waals surface area contributed by atoms with Crippen LogP contribution in [0.3, 0.4) is 0 Å². The number of imidazole rings is 2. The van der Waals surface area contributed by atoms with Crippen molar-refractivity contribution in [3.05, 3.63) is 94.1 Å². The summed E-state index contributed by atoms with van der Waals surface area (Å²) in [4.78, 5) is 17.6. The molecule has 2 atom stereocenters. The molecule has 3 N–H and O–H groups in total. The van der Waals surface area contributed by atoms with Gasteiger partial charge in [0.25, 0.3) is 5.82 Å². The first-order valence-electron chi connectivity index (χ1n) is 15.9. The molecule has 44 heavy (non-hydrogen) atoms. The quantitative estimate of drug-likeness (QED) is 0.140. The maximum atomic E-state index is 11.2. The van der Waals surface area contributed by atoms with Gasteiger partial charge in [0, 0.05) is 49.4 Å². The number of hydrogen-bond acceptors (Lipinski definition) is 5. The van der Waals surface area contributed by atoms with E-state index in [2.05, 4.69) is 65.9 Å². The highest BCUT2D eigenvalue weighted by atomic mass is 16.3. The van der Waals surface area contributed by atoms with Crippen LogP contribution in [0.2, 0.25) is 0 Å². The number of benzene rings is 2. The molecule has 1 saturated carbocycles. The molecule has 0 spiro atoms. The molecule has 2 aromatic heterocycles. The first-order valence-corrected chi connectivity index (χ1v) is 15.9. The van der Waals surface area contributed by atoms with Crippen LogP contribution in [0.5, 0.6) is 11.5 Å². The largest absolute Gasteiger partial charge is 0.507 e. The fourth-order valence-corrected chi connectivity index (χ4v) is 6.12. The molecule has 0 saturated heterocycles. The number of aromatic hydroxyl groups is 2. The molecule has 232 valence electrons. The number of nitrogens with one attached hydrogen (secondary N) is 1. The van der Waals surface area contributed by atoms with Crippen LogP contribution in [0, 0.1) is 13.8 Å². The molecular formula is C36H47N6O2+. The molecule has 5 rings (SSSR count). The number of nitrogens with zero attached hydrogens (tertiary/aromatic N) is 5. The molecule has 0 amide bonds. The first kappa shape index (κ1) is 31.2. The van der Waals surface area contributed by atoms with Crippen LogP contribution in [0.4, 0.5) is 0 Å². The summed E-state index contributed by atoms with van der Waals surface area (Å²) in [6.07, 6.45) is 15.5. The van der Waals surface area contributed by atoms with Gasteiger partial charge in [-0.1, -0.05) is 46.6 Å². The predicted octanol–water partition coefficient (Wildman–Crippen LogP) is 6.72. The Balaban J connectivity index is 1.41. The molecule has 1 aliphatic carbocycles. The lowest BCUT2D eigenvalue weighted by atomic mass is 9.90. The van der Waals surface area contributed by atoms with E-state index >= 15 is 0 Å². The zero-order chi connectivity index (χ0) is 31.4. The van der Waals surface area contributed by atoms with Crippen molar-refractivity contribution in [2.45, 2.75) is 104 Å². The van der Waals surface area contributed by atoms with Gasteiger partial charge >= 0.3 is 0 Å². The Morgan fingerprint density at radius 3 is 1.98 bits per heavy atom. The average molecular weight is 596 g/mol. The third-order valence-electron chi connectivity index (χ3n) is 8.81. The van der Waals surface area contributed by atoms with Crippen molar-refractivity contribution < 1.29 is 14.8 Å². The summed E-state index contributed by atoms with van der Waals surface area (Å²) in [6.45, 7) is 13.9. The van der Waals surface area contributed by atoms with E-state index in [1.807, 2.05) is 56.3 Å². The van der Waals surface area contributed by atoms with Gasteiger partial charge in [0.05, 0.1) is 12.1 Å². The summed E-state index contributed by atoms with van der Waals surface area (Å²) < 4.78 is 4.27. The van der Waals surface area contributed by atoms with Gasteiger partial charge in [0.2, 0.25) is 0 Å². The van der Waals surface area contributed by atoms with E-state index in [-0.39, 0.29) is 23.9 Å². The molecule has 0 bridgehead atoms. The van der Waals surface area contributed by atoms with Gasteiger partial charge in [0.1, 0.15) is 36.3 Å². The molecule has 2 aromatic carbocycles. The number of aromatic nitrogens is 4.